The number of carbonyl (C=O) groups excluding carboxylic acids is 1. The lowest BCUT2D eigenvalue weighted by Gasteiger charge is -2.14. The van der Waals surface area contributed by atoms with E-state index in [1.165, 1.54) is 13.2 Å². The van der Waals surface area contributed by atoms with Crippen LogP contribution in [0, 0.1) is 11.6 Å². The van der Waals surface area contributed by atoms with Crippen LogP contribution in [0.1, 0.15) is 16.7 Å². The number of hydrogen-bond acceptors (Lipinski definition) is 5. The molecule has 10 heteroatoms. The van der Waals surface area contributed by atoms with Crippen molar-refractivity contribution in [2.45, 2.75) is 6.61 Å². The first-order valence-corrected chi connectivity index (χ1v) is 11.2. The van der Waals surface area contributed by atoms with E-state index < -0.39 is 17.6 Å². The molecular formula is C24H14BrCl2F2NO4. The SMILES string of the molecule is COc1cc(/C=C2\N=C(c3cc(F)c(F)cc3Cl)OC2=O)cc(Cl)c1OCc1ccccc1Br. The van der Waals surface area contributed by atoms with Gasteiger partial charge < -0.3 is 14.2 Å². The topological polar surface area (TPSA) is 57.1 Å². The summed E-state index contributed by atoms with van der Waals surface area (Å²) in [5, 5.41) is 0.0976. The highest BCUT2D eigenvalue weighted by Gasteiger charge is 2.27. The lowest BCUT2D eigenvalue weighted by molar-refractivity contribution is -0.129. The molecule has 0 saturated heterocycles. The summed E-state index contributed by atoms with van der Waals surface area (Å²) in [4.78, 5) is 16.4. The fourth-order valence-electron chi connectivity index (χ4n) is 3.10. The molecule has 0 aliphatic carbocycles. The second-order valence-corrected chi connectivity index (χ2v) is 8.67. The third-order valence-corrected chi connectivity index (χ3v) is 6.11. The summed E-state index contributed by atoms with van der Waals surface area (Å²) in [6.07, 6.45) is 1.41. The Labute approximate surface area is 211 Å². The number of benzene rings is 3. The smallest absolute Gasteiger partial charge is 0.363 e. The summed E-state index contributed by atoms with van der Waals surface area (Å²) in [6, 6.07) is 12.4. The lowest BCUT2D eigenvalue weighted by Crippen LogP contribution is -2.07. The number of aliphatic imine (C=N–C) groups is 1. The number of halogens is 5. The molecule has 0 saturated carbocycles. The molecule has 0 N–H and O–H groups in total. The number of methoxy groups -OCH3 is 1. The van der Waals surface area contributed by atoms with Gasteiger partial charge in [-0.3, -0.25) is 0 Å². The van der Waals surface area contributed by atoms with Gasteiger partial charge in [0.25, 0.3) is 0 Å². The Morgan fingerprint density at radius 3 is 2.56 bits per heavy atom. The van der Waals surface area contributed by atoms with Crippen LogP contribution < -0.4 is 9.47 Å². The zero-order valence-electron chi connectivity index (χ0n) is 17.4. The van der Waals surface area contributed by atoms with Gasteiger partial charge in [-0.2, -0.15) is 0 Å². The van der Waals surface area contributed by atoms with Gasteiger partial charge in [-0.05, 0) is 42.0 Å². The molecule has 3 aromatic carbocycles. The maximum absolute atomic E-state index is 13.6. The molecule has 0 fully saturated rings. The minimum atomic E-state index is -1.15. The molecule has 0 aromatic heterocycles. The third kappa shape index (κ3) is 5.09. The van der Waals surface area contributed by atoms with Crippen LogP contribution in [0.3, 0.4) is 0 Å². The van der Waals surface area contributed by atoms with Gasteiger partial charge in [0.2, 0.25) is 5.90 Å². The first kappa shape index (κ1) is 24.2. The van der Waals surface area contributed by atoms with E-state index in [1.54, 1.807) is 12.1 Å². The highest BCUT2D eigenvalue weighted by Crippen LogP contribution is 2.38. The fourth-order valence-corrected chi connectivity index (χ4v) is 4.00. The zero-order valence-corrected chi connectivity index (χ0v) is 20.5. The number of ether oxygens (including phenoxy) is 3. The van der Waals surface area contributed by atoms with Crippen LogP contribution in [0.5, 0.6) is 11.5 Å². The van der Waals surface area contributed by atoms with E-state index in [0.29, 0.717) is 17.1 Å². The number of rotatable bonds is 6. The average molecular weight is 569 g/mol. The second-order valence-electron chi connectivity index (χ2n) is 7.00. The van der Waals surface area contributed by atoms with E-state index >= 15 is 0 Å². The number of nitrogens with zero attached hydrogens (tertiary/aromatic N) is 1. The van der Waals surface area contributed by atoms with Crippen LogP contribution in [-0.2, 0) is 16.1 Å². The van der Waals surface area contributed by atoms with Crippen molar-refractivity contribution in [2.75, 3.05) is 7.11 Å². The zero-order chi connectivity index (χ0) is 24.4. The van der Waals surface area contributed by atoms with Gasteiger partial charge in [0.15, 0.2) is 28.8 Å². The predicted molar refractivity (Wildman–Crippen MR) is 128 cm³/mol. The first-order chi connectivity index (χ1) is 16.3. The Bertz CT molecular complexity index is 1360. The van der Waals surface area contributed by atoms with E-state index in [4.69, 9.17) is 37.4 Å². The van der Waals surface area contributed by atoms with Crippen LogP contribution in [0.15, 0.2) is 63.7 Å². The maximum atomic E-state index is 13.6. The van der Waals surface area contributed by atoms with Crippen molar-refractivity contribution < 1.29 is 27.8 Å². The van der Waals surface area contributed by atoms with Crippen molar-refractivity contribution in [3.05, 3.63) is 97.1 Å². The van der Waals surface area contributed by atoms with Gasteiger partial charge >= 0.3 is 5.97 Å². The molecule has 1 aliphatic rings. The number of esters is 1. The van der Waals surface area contributed by atoms with Crippen molar-refractivity contribution in [1.29, 1.82) is 0 Å². The molecule has 0 atom stereocenters. The van der Waals surface area contributed by atoms with Crippen molar-refractivity contribution in [1.82, 2.24) is 0 Å². The van der Waals surface area contributed by atoms with Crippen LogP contribution >= 0.6 is 39.1 Å². The molecule has 1 heterocycles. The van der Waals surface area contributed by atoms with Crippen molar-refractivity contribution in [2.24, 2.45) is 4.99 Å². The van der Waals surface area contributed by atoms with E-state index in [-0.39, 0.29) is 33.8 Å². The molecular weight excluding hydrogens is 555 g/mol. The van der Waals surface area contributed by atoms with Crippen LogP contribution in [0.4, 0.5) is 8.78 Å². The number of carbonyl (C=O) groups is 1. The molecule has 0 bridgehead atoms. The molecule has 5 nitrogen and oxygen atoms in total. The summed E-state index contributed by atoms with van der Waals surface area (Å²) in [7, 11) is 1.46. The number of cyclic esters (lactones) is 1. The molecule has 0 unspecified atom stereocenters. The van der Waals surface area contributed by atoms with Gasteiger partial charge in [0.05, 0.1) is 22.7 Å². The van der Waals surface area contributed by atoms with E-state index in [9.17, 15) is 13.6 Å². The summed E-state index contributed by atoms with van der Waals surface area (Å²) < 4.78 is 44.2. The molecule has 34 heavy (non-hydrogen) atoms. The third-order valence-electron chi connectivity index (χ3n) is 4.75. The van der Waals surface area contributed by atoms with Crippen LogP contribution in [0.25, 0.3) is 6.08 Å². The largest absolute Gasteiger partial charge is 0.493 e. The molecule has 0 amide bonds. The second kappa shape index (κ2) is 10.1. The summed E-state index contributed by atoms with van der Waals surface area (Å²) in [6.45, 7) is 0.243. The van der Waals surface area contributed by atoms with Crippen LogP contribution in [0.2, 0.25) is 10.0 Å². The maximum Gasteiger partial charge on any atom is 0.363 e. The lowest BCUT2D eigenvalue weighted by atomic mass is 10.1. The Kier molecular flexibility index (Phi) is 7.21. The fraction of sp³-hybridized carbons (Fsp3) is 0.0833. The van der Waals surface area contributed by atoms with Gasteiger partial charge in [0.1, 0.15) is 6.61 Å². The molecule has 174 valence electrons. The minimum Gasteiger partial charge on any atom is -0.493 e. The molecule has 1 aliphatic heterocycles. The van der Waals surface area contributed by atoms with Gasteiger partial charge in [-0.1, -0.05) is 57.3 Å². The highest BCUT2D eigenvalue weighted by molar-refractivity contribution is 9.10. The standard InChI is InChI=1S/C24H14BrCl2F2NO4/c1-32-21-8-12(6-17(27)22(21)33-11-13-4-2-3-5-15(13)25)7-20-24(31)34-23(30-20)14-9-18(28)19(29)10-16(14)26/h2-10H,11H2,1H3/b20-7-. The average Bonchev–Trinajstić information content (AvgIpc) is 3.16. The van der Waals surface area contributed by atoms with E-state index in [2.05, 4.69) is 20.9 Å². The van der Waals surface area contributed by atoms with Crippen LogP contribution in [-0.4, -0.2) is 19.0 Å². The van der Waals surface area contributed by atoms with Crippen molar-refractivity contribution >= 4 is 57.1 Å². The highest BCUT2D eigenvalue weighted by atomic mass is 79.9. The molecule has 0 spiro atoms. The van der Waals surface area contributed by atoms with Crippen molar-refractivity contribution in [3.8, 4) is 11.5 Å². The Balaban J connectivity index is 1.63. The summed E-state index contributed by atoms with van der Waals surface area (Å²) >= 11 is 15.8. The quantitative estimate of drug-likeness (QED) is 0.183. The van der Waals surface area contributed by atoms with Gasteiger partial charge in [-0.25, -0.2) is 18.6 Å². The summed E-state index contributed by atoms with van der Waals surface area (Å²) in [5.74, 6) is -2.64. The normalized spacial score (nSPS) is 14.2. The van der Waals surface area contributed by atoms with E-state index in [0.717, 1.165) is 22.2 Å². The van der Waals surface area contributed by atoms with Crippen molar-refractivity contribution in [3.63, 3.8) is 0 Å². The van der Waals surface area contributed by atoms with Gasteiger partial charge in [-0.15, -0.1) is 0 Å². The monoisotopic (exact) mass is 567 g/mol. The minimum absolute atomic E-state index is 0.0521. The Morgan fingerprint density at radius 1 is 1.09 bits per heavy atom. The predicted octanol–water partition coefficient (Wildman–Crippen LogP) is 6.97. The molecule has 0 radical (unpaired) electrons. The van der Waals surface area contributed by atoms with Gasteiger partial charge in [0, 0.05) is 10.0 Å². The Morgan fingerprint density at radius 2 is 1.82 bits per heavy atom. The molecule has 3 aromatic rings. The Hall–Kier alpha value is -2.94. The van der Waals surface area contributed by atoms with E-state index in [1.807, 2.05) is 24.3 Å². The first-order valence-electron chi connectivity index (χ1n) is 9.68. The summed E-state index contributed by atoms with van der Waals surface area (Å²) in [5.41, 5.74) is 1.25. The molecule has 4 rings (SSSR count). The number of hydrogen-bond donors (Lipinski definition) is 0.